The minimum absolute atomic E-state index is 0.0306. The summed E-state index contributed by atoms with van der Waals surface area (Å²) in [7, 11) is 0. The standard InChI is InChI=1S/C5H5ClN2O2/c6-4-2-7-3(1-8-4)5(9)10/h1,4H,2H2,(H,9,10). The molecule has 0 fully saturated rings. The Morgan fingerprint density at radius 2 is 2.60 bits per heavy atom. The topological polar surface area (TPSA) is 62.0 Å². The summed E-state index contributed by atoms with van der Waals surface area (Å²) < 4.78 is 0. The monoisotopic (exact) mass is 160 g/mol. The van der Waals surface area contributed by atoms with Gasteiger partial charge in [0.1, 0.15) is 5.50 Å². The lowest BCUT2D eigenvalue weighted by molar-refractivity contribution is -0.129. The zero-order chi connectivity index (χ0) is 7.56. The van der Waals surface area contributed by atoms with Gasteiger partial charge in [0.05, 0.1) is 12.8 Å². The van der Waals surface area contributed by atoms with Crippen LogP contribution in [0.4, 0.5) is 0 Å². The van der Waals surface area contributed by atoms with E-state index < -0.39 is 11.5 Å². The number of hydrogen-bond donors (Lipinski definition) is 1. The van der Waals surface area contributed by atoms with Crippen molar-refractivity contribution in [1.29, 1.82) is 0 Å². The van der Waals surface area contributed by atoms with E-state index in [1.807, 2.05) is 0 Å². The van der Waals surface area contributed by atoms with Gasteiger partial charge in [-0.1, -0.05) is 11.6 Å². The number of carboxylic acids is 1. The Kier molecular flexibility index (Phi) is 2.01. The number of rotatable bonds is 1. The molecular formula is C5H5ClN2O2. The van der Waals surface area contributed by atoms with Crippen LogP contribution >= 0.6 is 11.6 Å². The highest BCUT2D eigenvalue weighted by Crippen LogP contribution is 2.01. The lowest BCUT2D eigenvalue weighted by Crippen LogP contribution is -2.21. The van der Waals surface area contributed by atoms with Gasteiger partial charge in [0.15, 0.2) is 5.71 Å². The number of nitrogens with zero attached hydrogens (tertiary/aromatic N) is 2. The smallest absolute Gasteiger partial charge is 0.355 e. The van der Waals surface area contributed by atoms with Crippen molar-refractivity contribution in [3.63, 3.8) is 0 Å². The normalized spacial score (nSPS) is 24.1. The highest BCUT2D eigenvalue weighted by Gasteiger charge is 2.12. The van der Waals surface area contributed by atoms with Gasteiger partial charge < -0.3 is 5.11 Å². The molecule has 0 aliphatic carbocycles. The molecule has 0 spiro atoms. The van der Waals surface area contributed by atoms with Gasteiger partial charge in [-0.3, -0.25) is 9.98 Å². The first kappa shape index (κ1) is 7.21. The first-order valence-electron chi connectivity index (χ1n) is 2.65. The Labute approximate surface area is 62.2 Å². The van der Waals surface area contributed by atoms with Crippen molar-refractivity contribution in [3.8, 4) is 0 Å². The third-order valence-electron chi connectivity index (χ3n) is 0.990. The van der Waals surface area contributed by atoms with Gasteiger partial charge >= 0.3 is 5.97 Å². The fraction of sp³-hybridized carbons (Fsp3) is 0.400. The summed E-state index contributed by atoms with van der Waals surface area (Å²) in [5.41, 5.74) is -0.431. The molecular weight excluding hydrogens is 156 g/mol. The third-order valence-corrected chi connectivity index (χ3v) is 1.24. The van der Waals surface area contributed by atoms with Crippen molar-refractivity contribution in [2.24, 2.45) is 9.98 Å². The second-order valence-electron chi connectivity index (χ2n) is 1.74. The first-order valence-corrected chi connectivity index (χ1v) is 3.09. The molecule has 1 rings (SSSR count). The molecule has 0 radical (unpaired) electrons. The minimum atomic E-state index is -1.06. The quantitative estimate of drug-likeness (QED) is 0.439. The van der Waals surface area contributed by atoms with E-state index in [2.05, 4.69) is 9.98 Å². The summed E-state index contributed by atoms with van der Waals surface area (Å²) in [6.07, 6.45) is 1.17. The van der Waals surface area contributed by atoms with Crippen molar-refractivity contribution in [2.75, 3.05) is 6.54 Å². The van der Waals surface area contributed by atoms with Crippen molar-refractivity contribution in [2.45, 2.75) is 5.50 Å². The Bertz CT molecular complexity index is 212. The number of carbonyl (C=O) groups is 1. The van der Waals surface area contributed by atoms with E-state index in [9.17, 15) is 4.79 Å². The van der Waals surface area contributed by atoms with Gasteiger partial charge in [-0.05, 0) is 0 Å². The zero-order valence-electron chi connectivity index (χ0n) is 4.99. The average molecular weight is 161 g/mol. The molecule has 0 aromatic rings. The predicted octanol–water partition coefficient (Wildman–Crippen LogP) is 0.161. The van der Waals surface area contributed by atoms with Crippen molar-refractivity contribution < 1.29 is 9.90 Å². The lowest BCUT2D eigenvalue weighted by Gasteiger charge is -2.04. The largest absolute Gasteiger partial charge is 0.476 e. The van der Waals surface area contributed by atoms with Crippen LogP contribution in [-0.2, 0) is 4.79 Å². The molecule has 0 aromatic carbocycles. The lowest BCUT2D eigenvalue weighted by atomic mass is 10.4. The van der Waals surface area contributed by atoms with Gasteiger partial charge in [-0.25, -0.2) is 4.79 Å². The Balaban J connectivity index is 2.67. The molecule has 0 aromatic heterocycles. The second kappa shape index (κ2) is 2.79. The maximum Gasteiger partial charge on any atom is 0.355 e. The Hall–Kier alpha value is -0.900. The fourth-order valence-electron chi connectivity index (χ4n) is 0.536. The van der Waals surface area contributed by atoms with Gasteiger partial charge in [-0.15, -0.1) is 0 Å². The third kappa shape index (κ3) is 1.54. The van der Waals surface area contributed by atoms with Crippen LogP contribution in [0.15, 0.2) is 9.98 Å². The van der Waals surface area contributed by atoms with Crippen LogP contribution in [0.1, 0.15) is 0 Å². The number of aliphatic imine (C=N–C) groups is 2. The van der Waals surface area contributed by atoms with E-state index in [4.69, 9.17) is 16.7 Å². The number of halogens is 1. The molecule has 1 atom stereocenters. The van der Waals surface area contributed by atoms with Crippen molar-refractivity contribution in [1.82, 2.24) is 0 Å². The van der Waals surface area contributed by atoms with Crippen LogP contribution in [0.5, 0.6) is 0 Å². The van der Waals surface area contributed by atoms with E-state index in [0.717, 1.165) is 0 Å². The van der Waals surface area contributed by atoms with E-state index in [0.29, 0.717) is 0 Å². The number of hydrogen-bond acceptors (Lipinski definition) is 3. The van der Waals surface area contributed by atoms with Crippen LogP contribution in [0, 0.1) is 0 Å². The SMILES string of the molecule is O=C(O)C1=NCC(Cl)N=C1. The second-order valence-corrected chi connectivity index (χ2v) is 2.25. The predicted molar refractivity (Wildman–Crippen MR) is 38.1 cm³/mol. The van der Waals surface area contributed by atoms with Gasteiger partial charge in [0.2, 0.25) is 0 Å². The molecule has 0 saturated carbocycles. The van der Waals surface area contributed by atoms with E-state index >= 15 is 0 Å². The van der Waals surface area contributed by atoms with E-state index in [1.54, 1.807) is 0 Å². The van der Waals surface area contributed by atoms with Crippen LogP contribution in [0.2, 0.25) is 0 Å². The number of carboxylic acid groups (broad SMARTS) is 1. The molecule has 1 aliphatic rings. The van der Waals surface area contributed by atoms with Gasteiger partial charge in [-0.2, -0.15) is 0 Å². The van der Waals surface area contributed by atoms with E-state index in [1.165, 1.54) is 6.21 Å². The molecule has 0 bridgehead atoms. The maximum atomic E-state index is 10.2. The first-order chi connectivity index (χ1) is 4.70. The fourth-order valence-corrected chi connectivity index (χ4v) is 0.661. The maximum absolute atomic E-state index is 10.2. The molecule has 1 aliphatic heterocycles. The summed E-state index contributed by atoms with van der Waals surface area (Å²) in [6.45, 7) is 0.250. The molecule has 10 heavy (non-hydrogen) atoms. The van der Waals surface area contributed by atoms with Gasteiger partial charge in [0.25, 0.3) is 0 Å². The molecule has 0 amide bonds. The number of alkyl halides is 1. The van der Waals surface area contributed by atoms with Crippen LogP contribution < -0.4 is 0 Å². The molecule has 1 N–H and O–H groups in total. The zero-order valence-corrected chi connectivity index (χ0v) is 5.75. The van der Waals surface area contributed by atoms with Crippen LogP contribution in [-0.4, -0.2) is 35.0 Å². The van der Waals surface area contributed by atoms with Gasteiger partial charge in [0, 0.05) is 0 Å². The number of aliphatic carboxylic acids is 1. The molecule has 0 saturated heterocycles. The average Bonchev–Trinajstić information content (AvgIpc) is 1.88. The summed E-state index contributed by atoms with van der Waals surface area (Å²) in [6, 6.07) is 0. The summed E-state index contributed by atoms with van der Waals surface area (Å²) in [5, 5.41) is 8.36. The van der Waals surface area contributed by atoms with Crippen molar-refractivity contribution in [3.05, 3.63) is 0 Å². The Morgan fingerprint density at radius 3 is 3.00 bits per heavy atom. The van der Waals surface area contributed by atoms with Crippen LogP contribution in [0.25, 0.3) is 0 Å². The summed E-state index contributed by atoms with van der Waals surface area (Å²) in [5.74, 6) is -1.06. The molecule has 4 nitrogen and oxygen atoms in total. The molecule has 54 valence electrons. The molecule has 5 heteroatoms. The summed E-state index contributed by atoms with van der Waals surface area (Å²) >= 11 is 5.49. The Morgan fingerprint density at radius 1 is 1.90 bits per heavy atom. The highest BCUT2D eigenvalue weighted by molar-refractivity contribution is 6.59. The molecule has 1 heterocycles. The minimum Gasteiger partial charge on any atom is -0.476 e. The van der Waals surface area contributed by atoms with Crippen molar-refractivity contribution >= 4 is 29.5 Å². The highest BCUT2D eigenvalue weighted by atomic mass is 35.5. The summed E-state index contributed by atoms with van der Waals surface area (Å²) in [4.78, 5) is 17.5. The van der Waals surface area contributed by atoms with Crippen LogP contribution in [0.3, 0.4) is 0 Å². The molecule has 1 unspecified atom stereocenters. The van der Waals surface area contributed by atoms with E-state index in [-0.39, 0.29) is 12.3 Å².